The van der Waals surface area contributed by atoms with Crippen LogP contribution in [-0.2, 0) is 13.8 Å². The van der Waals surface area contributed by atoms with Gasteiger partial charge in [-0.2, -0.15) is 0 Å². The molecule has 1 aliphatic rings. The first kappa shape index (κ1) is 16.2. The number of aliphatic hydroxyl groups is 2. The molecule has 0 aliphatic carbocycles. The van der Waals surface area contributed by atoms with Gasteiger partial charge in [0.1, 0.15) is 18.3 Å². The number of aromatic amines is 1. The number of phosphoric acid groups is 1. The first-order chi connectivity index (χ1) is 10.8. The number of hydrogen-bond donors (Lipinski definition) is 5. The molecule has 0 amide bonds. The summed E-state index contributed by atoms with van der Waals surface area (Å²) >= 11 is 0. The molecule has 0 aromatic carbocycles. The van der Waals surface area contributed by atoms with E-state index in [1.165, 1.54) is 10.9 Å². The lowest BCUT2D eigenvalue weighted by Gasteiger charge is -2.19. The van der Waals surface area contributed by atoms with Crippen molar-refractivity contribution in [1.82, 2.24) is 19.5 Å². The predicted octanol–water partition coefficient (Wildman–Crippen LogP) is -2.15. The second-order valence-corrected chi connectivity index (χ2v) is 6.05. The van der Waals surface area contributed by atoms with Crippen LogP contribution in [0.5, 0.6) is 0 Å². The third-order valence-corrected chi connectivity index (χ3v) is 3.91. The minimum absolute atomic E-state index is 0.00297. The Morgan fingerprint density at radius 3 is 2.83 bits per heavy atom. The molecule has 1 fully saturated rings. The van der Waals surface area contributed by atoms with Gasteiger partial charge < -0.3 is 29.7 Å². The zero-order chi connectivity index (χ0) is 16.8. The molecule has 0 spiro atoms. The van der Waals surface area contributed by atoms with Crippen LogP contribution in [-0.4, -0.2) is 64.4 Å². The summed E-state index contributed by atoms with van der Waals surface area (Å²) in [5.41, 5.74) is -0.391. The molecule has 12 nitrogen and oxygen atoms in total. The summed E-state index contributed by atoms with van der Waals surface area (Å²) in [7, 11) is -4.91. The molecule has 2 aromatic heterocycles. The van der Waals surface area contributed by atoms with Crippen molar-refractivity contribution in [3.63, 3.8) is 0 Å². The molecule has 4 atom stereocenters. The summed E-state index contributed by atoms with van der Waals surface area (Å²) in [4.78, 5) is 39.5. The summed E-state index contributed by atoms with van der Waals surface area (Å²) in [5.74, 6) is 0. The Bertz CT molecular complexity index is 815. The van der Waals surface area contributed by atoms with Gasteiger partial charge in [-0.15, -0.1) is 0 Å². The second kappa shape index (κ2) is 5.76. The van der Waals surface area contributed by atoms with Gasteiger partial charge in [-0.05, 0) is 0 Å². The molecule has 0 radical (unpaired) electrons. The van der Waals surface area contributed by atoms with Gasteiger partial charge in [-0.1, -0.05) is 0 Å². The maximum Gasteiger partial charge on any atom is 0.470 e. The van der Waals surface area contributed by atoms with Crippen LogP contribution in [0.3, 0.4) is 0 Å². The minimum atomic E-state index is -4.91. The van der Waals surface area contributed by atoms with Gasteiger partial charge in [-0.25, -0.2) is 14.5 Å². The zero-order valence-corrected chi connectivity index (χ0v) is 12.3. The summed E-state index contributed by atoms with van der Waals surface area (Å²) in [5, 5.41) is 19.5. The van der Waals surface area contributed by atoms with Crippen LogP contribution in [0.15, 0.2) is 17.4 Å². The maximum atomic E-state index is 11.6. The van der Waals surface area contributed by atoms with E-state index in [-0.39, 0.29) is 11.2 Å². The van der Waals surface area contributed by atoms with E-state index in [1.807, 2.05) is 0 Å². The fraction of sp³-hybridized carbons (Fsp3) is 0.500. The van der Waals surface area contributed by atoms with Crippen LogP contribution in [0, 0.1) is 0 Å². The molecular formula is C10H13N4O8P. The van der Waals surface area contributed by atoms with E-state index >= 15 is 0 Å². The highest BCUT2D eigenvalue weighted by Crippen LogP contribution is 2.43. The van der Waals surface area contributed by atoms with Gasteiger partial charge in [0.05, 0.1) is 19.3 Å². The molecule has 0 bridgehead atoms. The normalized spacial score (nSPS) is 28.5. The molecular weight excluding hydrogens is 335 g/mol. The number of rotatable bonds is 4. The number of H-pyrrole nitrogens is 1. The van der Waals surface area contributed by atoms with Gasteiger partial charge in [0, 0.05) is 0 Å². The summed E-state index contributed by atoms with van der Waals surface area (Å²) in [6, 6.07) is 0. The van der Waals surface area contributed by atoms with Gasteiger partial charge in [0.15, 0.2) is 17.4 Å². The second-order valence-electron chi connectivity index (χ2n) is 4.85. The Kier molecular flexibility index (Phi) is 4.06. The molecule has 5 N–H and O–H groups in total. The average Bonchev–Trinajstić information content (AvgIpc) is 3.01. The van der Waals surface area contributed by atoms with Gasteiger partial charge in [0.2, 0.25) is 0 Å². The zero-order valence-electron chi connectivity index (χ0n) is 11.4. The van der Waals surface area contributed by atoms with Crippen molar-refractivity contribution in [3.8, 4) is 0 Å². The molecule has 1 aliphatic heterocycles. The maximum absolute atomic E-state index is 11.6. The number of aliphatic hydroxyl groups excluding tert-OH is 2. The number of fused-ring (bicyclic) bond motifs is 1. The first-order valence-corrected chi connectivity index (χ1v) is 7.93. The lowest BCUT2D eigenvalue weighted by Crippen LogP contribution is -2.35. The van der Waals surface area contributed by atoms with Crippen molar-refractivity contribution in [1.29, 1.82) is 0 Å². The minimum Gasteiger partial charge on any atom is -0.394 e. The van der Waals surface area contributed by atoms with Crippen LogP contribution in [0.25, 0.3) is 11.2 Å². The van der Waals surface area contributed by atoms with Gasteiger partial charge in [-0.3, -0.25) is 13.9 Å². The first-order valence-electron chi connectivity index (χ1n) is 6.40. The fourth-order valence-corrected chi connectivity index (χ4v) is 3.01. The van der Waals surface area contributed by atoms with E-state index in [1.54, 1.807) is 0 Å². The van der Waals surface area contributed by atoms with E-state index in [0.717, 1.165) is 6.33 Å². The van der Waals surface area contributed by atoms with Crippen molar-refractivity contribution in [2.24, 2.45) is 0 Å². The standard InChI is InChI=1S/C10H13N4O8P/c15-1-4-7(22-23(18,19)20)6(16)10(21-4)14-3-13-5-8(14)11-2-12-9(5)17/h2-4,6-7,10,15-16H,1H2,(H,11,12,17)(H2,18,19,20)/t4-,6?,7?,10-/m1/s1. The third kappa shape index (κ3) is 2.93. The summed E-state index contributed by atoms with van der Waals surface area (Å²) < 4.78 is 22.1. The Morgan fingerprint density at radius 2 is 2.17 bits per heavy atom. The molecule has 3 heterocycles. The molecule has 0 saturated carbocycles. The molecule has 126 valence electrons. The van der Waals surface area contributed by atoms with E-state index in [4.69, 9.17) is 14.5 Å². The van der Waals surface area contributed by atoms with Crippen molar-refractivity contribution < 1.29 is 33.8 Å². The van der Waals surface area contributed by atoms with Crippen LogP contribution in [0.4, 0.5) is 0 Å². The largest absolute Gasteiger partial charge is 0.470 e. The highest BCUT2D eigenvalue weighted by atomic mass is 31.2. The highest BCUT2D eigenvalue weighted by Gasteiger charge is 2.48. The van der Waals surface area contributed by atoms with Gasteiger partial charge in [0.25, 0.3) is 5.56 Å². The number of nitrogens with zero attached hydrogens (tertiary/aromatic N) is 3. The third-order valence-electron chi connectivity index (χ3n) is 3.39. The number of hydrogen-bond acceptors (Lipinski definition) is 8. The summed E-state index contributed by atoms with van der Waals surface area (Å²) in [6.07, 6.45) is -3.04. The van der Waals surface area contributed by atoms with Crippen LogP contribution in [0.2, 0.25) is 0 Å². The molecule has 13 heteroatoms. The lowest BCUT2D eigenvalue weighted by atomic mass is 10.1. The Morgan fingerprint density at radius 1 is 1.43 bits per heavy atom. The van der Waals surface area contributed by atoms with Crippen LogP contribution >= 0.6 is 7.82 Å². The topological polar surface area (TPSA) is 180 Å². The predicted molar refractivity (Wildman–Crippen MR) is 72.1 cm³/mol. The highest BCUT2D eigenvalue weighted by molar-refractivity contribution is 7.46. The number of nitrogens with one attached hydrogen (secondary N) is 1. The van der Waals surface area contributed by atoms with E-state index in [2.05, 4.69) is 19.5 Å². The number of aromatic nitrogens is 4. The van der Waals surface area contributed by atoms with Crippen LogP contribution in [0.1, 0.15) is 6.23 Å². The smallest absolute Gasteiger partial charge is 0.394 e. The van der Waals surface area contributed by atoms with E-state index < -0.39 is 44.5 Å². The fourth-order valence-electron chi connectivity index (χ4n) is 2.43. The lowest BCUT2D eigenvalue weighted by molar-refractivity contribution is -0.0509. The Labute approximate surface area is 127 Å². The molecule has 23 heavy (non-hydrogen) atoms. The van der Waals surface area contributed by atoms with Crippen molar-refractivity contribution >= 4 is 19.0 Å². The molecule has 3 rings (SSSR count). The monoisotopic (exact) mass is 348 g/mol. The van der Waals surface area contributed by atoms with E-state index in [0.29, 0.717) is 0 Å². The van der Waals surface area contributed by atoms with Crippen molar-refractivity contribution in [2.75, 3.05) is 6.61 Å². The average molecular weight is 348 g/mol. The van der Waals surface area contributed by atoms with Crippen molar-refractivity contribution in [2.45, 2.75) is 24.5 Å². The SMILES string of the molecule is O=c1[nH]cnc2c1ncn2[C@@H]1O[C@H](CO)C(OP(=O)(O)O)C1O. The Hall–Kier alpha value is -1.66. The van der Waals surface area contributed by atoms with E-state index in [9.17, 15) is 19.6 Å². The number of imidazole rings is 1. The van der Waals surface area contributed by atoms with Gasteiger partial charge >= 0.3 is 7.82 Å². The number of phosphoric ester groups is 1. The quantitative estimate of drug-likeness (QED) is 0.382. The van der Waals surface area contributed by atoms with Crippen molar-refractivity contribution in [3.05, 3.63) is 23.0 Å². The molecule has 1 saturated heterocycles. The number of ether oxygens (including phenoxy) is 1. The molecule has 2 aromatic rings. The Balaban J connectivity index is 1.98. The summed E-state index contributed by atoms with van der Waals surface area (Å²) in [6.45, 7) is -0.640. The van der Waals surface area contributed by atoms with Crippen LogP contribution < -0.4 is 5.56 Å². The molecule has 2 unspecified atom stereocenters.